The Morgan fingerprint density at radius 3 is 2.57 bits per heavy atom. The zero-order valence-electron chi connectivity index (χ0n) is 9.75. The fourth-order valence-corrected chi connectivity index (χ4v) is 2.44. The van der Waals surface area contributed by atoms with Crippen LogP contribution in [0.3, 0.4) is 0 Å². The van der Waals surface area contributed by atoms with Crippen molar-refractivity contribution in [3.63, 3.8) is 0 Å². The van der Waals surface area contributed by atoms with Gasteiger partial charge < -0.3 is 10.5 Å². The lowest BCUT2D eigenvalue weighted by atomic mass is 9.94. The van der Waals surface area contributed by atoms with Crippen LogP contribution >= 0.6 is 0 Å². The molecule has 2 N–H and O–H groups in total. The minimum atomic E-state index is 0.115. The fourth-order valence-electron chi connectivity index (χ4n) is 2.44. The van der Waals surface area contributed by atoms with Gasteiger partial charge in [-0.1, -0.05) is 13.8 Å². The Hall–Kier alpha value is -0.120. The largest absolute Gasteiger partial charge is 0.379 e. The van der Waals surface area contributed by atoms with E-state index in [9.17, 15) is 0 Å². The van der Waals surface area contributed by atoms with E-state index in [0.717, 1.165) is 26.2 Å². The first-order valence-electron chi connectivity index (χ1n) is 5.74. The van der Waals surface area contributed by atoms with Gasteiger partial charge in [0, 0.05) is 19.2 Å². The lowest BCUT2D eigenvalue weighted by Crippen LogP contribution is -2.57. The average Bonchev–Trinajstić information content (AvgIpc) is 2.68. The minimum absolute atomic E-state index is 0.115. The molecule has 1 aliphatic rings. The minimum Gasteiger partial charge on any atom is -0.379 e. The lowest BCUT2D eigenvalue weighted by Gasteiger charge is -2.42. The van der Waals surface area contributed by atoms with E-state index in [4.69, 9.17) is 10.5 Å². The molecule has 0 aromatic carbocycles. The second-order valence-electron chi connectivity index (χ2n) is 4.27. The van der Waals surface area contributed by atoms with Crippen LogP contribution in [0.5, 0.6) is 0 Å². The van der Waals surface area contributed by atoms with E-state index in [1.54, 1.807) is 0 Å². The van der Waals surface area contributed by atoms with Gasteiger partial charge in [-0.25, -0.2) is 0 Å². The van der Waals surface area contributed by atoms with Crippen molar-refractivity contribution >= 4 is 0 Å². The molecule has 0 spiro atoms. The Labute approximate surface area is 87.6 Å². The summed E-state index contributed by atoms with van der Waals surface area (Å²) >= 11 is 0. The van der Waals surface area contributed by atoms with Gasteiger partial charge in [-0.2, -0.15) is 0 Å². The first kappa shape index (κ1) is 12.0. The van der Waals surface area contributed by atoms with Crippen LogP contribution in [0.25, 0.3) is 0 Å². The first-order chi connectivity index (χ1) is 6.70. The zero-order valence-corrected chi connectivity index (χ0v) is 9.75. The Morgan fingerprint density at radius 1 is 1.50 bits per heavy atom. The van der Waals surface area contributed by atoms with E-state index < -0.39 is 0 Å². The number of hydrogen-bond donors (Lipinski definition) is 1. The summed E-state index contributed by atoms with van der Waals surface area (Å²) in [5.74, 6) is 0. The average molecular weight is 200 g/mol. The van der Waals surface area contributed by atoms with Crippen LogP contribution in [-0.2, 0) is 4.74 Å². The van der Waals surface area contributed by atoms with Crippen molar-refractivity contribution in [2.45, 2.75) is 45.2 Å². The van der Waals surface area contributed by atoms with E-state index in [2.05, 4.69) is 25.7 Å². The summed E-state index contributed by atoms with van der Waals surface area (Å²) in [6.07, 6.45) is 2.26. The number of likely N-dealkylation sites (N-methyl/N-ethyl adjacent to an activating group) is 1. The second-order valence-corrected chi connectivity index (χ2v) is 4.27. The molecule has 2 atom stereocenters. The molecular weight excluding hydrogens is 176 g/mol. The number of nitrogens with two attached hydrogens (primary N) is 1. The number of rotatable bonds is 5. The van der Waals surface area contributed by atoms with E-state index in [0.29, 0.717) is 12.6 Å². The van der Waals surface area contributed by atoms with E-state index in [1.807, 2.05) is 0 Å². The van der Waals surface area contributed by atoms with Crippen LogP contribution in [0.2, 0.25) is 0 Å². The molecule has 0 aromatic heterocycles. The fraction of sp³-hybridized carbons (Fsp3) is 1.00. The predicted molar refractivity (Wildman–Crippen MR) is 59.4 cm³/mol. The molecule has 1 heterocycles. The highest BCUT2D eigenvalue weighted by atomic mass is 16.5. The molecular formula is C11H24N2O. The predicted octanol–water partition coefficient (Wildman–Crippen LogP) is 1.22. The number of nitrogens with zero attached hydrogens (tertiary/aromatic N) is 1. The molecule has 2 unspecified atom stereocenters. The van der Waals surface area contributed by atoms with E-state index in [-0.39, 0.29) is 5.54 Å². The summed E-state index contributed by atoms with van der Waals surface area (Å²) in [6.45, 7) is 10.2. The highest BCUT2D eigenvalue weighted by molar-refractivity contribution is 4.96. The molecule has 3 nitrogen and oxygen atoms in total. The van der Waals surface area contributed by atoms with Gasteiger partial charge in [-0.05, 0) is 26.3 Å². The third kappa shape index (κ3) is 2.10. The van der Waals surface area contributed by atoms with Gasteiger partial charge in [0.15, 0.2) is 0 Å². The van der Waals surface area contributed by atoms with Crippen LogP contribution in [0.1, 0.15) is 33.6 Å². The summed E-state index contributed by atoms with van der Waals surface area (Å²) in [7, 11) is 0. The summed E-state index contributed by atoms with van der Waals surface area (Å²) < 4.78 is 5.51. The molecule has 84 valence electrons. The Balaban J connectivity index is 2.73. The molecule has 1 fully saturated rings. The zero-order chi connectivity index (χ0) is 10.6. The number of ether oxygens (including phenoxy) is 1. The van der Waals surface area contributed by atoms with Crippen molar-refractivity contribution in [3.8, 4) is 0 Å². The van der Waals surface area contributed by atoms with Gasteiger partial charge in [0.05, 0.1) is 12.1 Å². The van der Waals surface area contributed by atoms with E-state index in [1.165, 1.54) is 6.42 Å². The highest BCUT2D eigenvalue weighted by Gasteiger charge is 2.40. The van der Waals surface area contributed by atoms with E-state index >= 15 is 0 Å². The summed E-state index contributed by atoms with van der Waals surface area (Å²) in [4.78, 5) is 2.51. The standard InChI is InChI=1S/C11H24N2O/c1-4-10(3)13(5-2)11(8-12)6-7-14-9-11/h10H,4-9,12H2,1-3H3. The van der Waals surface area contributed by atoms with Crippen LogP contribution in [-0.4, -0.2) is 42.8 Å². The van der Waals surface area contributed by atoms with Gasteiger partial charge in [0.2, 0.25) is 0 Å². The third-order valence-corrected chi connectivity index (χ3v) is 3.54. The van der Waals surface area contributed by atoms with Gasteiger partial charge >= 0.3 is 0 Å². The summed E-state index contributed by atoms with van der Waals surface area (Å²) in [5.41, 5.74) is 6.03. The van der Waals surface area contributed by atoms with Crippen molar-refractivity contribution in [1.29, 1.82) is 0 Å². The molecule has 1 rings (SSSR count). The Kier molecular flexibility index (Phi) is 4.35. The Morgan fingerprint density at radius 2 is 2.21 bits per heavy atom. The molecule has 0 amide bonds. The Bertz CT molecular complexity index is 167. The number of hydrogen-bond acceptors (Lipinski definition) is 3. The van der Waals surface area contributed by atoms with Crippen LogP contribution in [0, 0.1) is 0 Å². The smallest absolute Gasteiger partial charge is 0.0663 e. The maximum absolute atomic E-state index is 5.92. The van der Waals surface area contributed by atoms with Crippen molar-refractivity contribution in [3.05, 3.63) is 0 Å². The second kappa shape index (κ2) is 5.10. The first-order valence-corrected chi connectivity index (χ1v) is 5.74. The monoisotopic (exact) mass is 200 g/mol. The van der Waals surface area contributed by atoms with Gasteiger partial charge in [-0.15, -0.1) is 0 Å². The third-order valence-electron chi connectivity index (χ3n) is 3.54. The molecule has 3 heteroatoms. The quantitative estimate of drug-likeness (QED) is 0.725. The van der Waals surface area contributed by atoms with Crippen LogP contribution in [0.4, 0.5) is 0 Å². The molecule has 0 aromatic rings. The summed E-state index contributed by atoms with van der Waals surface area (Å²) in [5, 5.41) is 0. The molecule has 1 aliphatic heterocycles. The van der Waals surface area contributed by atoms with Gasteiger partial charge in [0.1, 0.15) is 0 Å². The maximum atomic E-state index is 5.92. The maximum Gasteiger partial charge on any atom is 0.0663 e. The van der Waals surface area contributed by atoms with Crippen molar-refractivity contribution in [2.24, 2.45) is 5.73 Å². The lowest BCUT2D eigenvalue weighted by molar-refractivity contribution is 0.0442. The van der Waals surface area contributed by atoms with Gasteiger partial charge in [-0.3, -0.25) is 4.90 Å². The van der Waals surface area contributed by atoms with Crippen molar-refractivity contribution < 1.29 is 4.74 Å². The molecule has 0 bridgehead atoms. The SMILES string of the molecule is CCC(C)N(CC)C1(CN)CCOC1. The van der Waals surface area contributed by atoms with Crippen molar-refractivity contribution in [2.75, 3.05) is 26.3 Å². The summed E-state index contributed by atoms with van der Waals surface area (Å²) in [6, 6.07) is 0.602. The van der Waals surface area contributed by atoms with Crippen LogP contribution < -0.4 is 5.73 Å². The molecule has 1 saturated heterocycles. The molecule has 0 radical (unpaired) electrons. The highest BCUT2D eigenvalue weighted by Crippen LogP contribution is 2.27. The molecule has 0 aliphatic carbocycles. The van der Waals surface area contributed by atoms with Gasteiger partial charge in [0.25, 0.3) is 0 Å². The molecule has 14 heavy (non-hydrogen) atoms. The van der Waals surface area contributed by atoms with Crippen molar-refractivity contribution in [1.82, 2.24) is 4.90 Å². The molecule has 0 saturated carbocycles. The van der Waals surface area contributed by atoms with Crippen LogP contribution in [0.15, 0.2) is 0 Å². The topological polar surface area (TPSA) is 38.5 Å². The normalized spacial score (nSPS) is 29.8.